The maximum Gasteiger partial charge on any atom is 0.411 e. The van der Waals surface area contributed by atoms with E-state index in [0.717, 1.165) is 22.3 Å². The van der Waals surface area contributed by atoms with Crippen LogP contribution in [0.3, 0.4) is 0 Å². The fraction of sp³-hybridized carbons (Fsp3) is 0.120. The van der Waals surface area contributed by atoms with Crippen LogP contribution in [-0.4, -0.2) is 41.2 Å². The summed E-state index contributed by atoms with van der Waals surface area (Å²) in [5, 5.41) is 13.5. The van der Waals surface area contributed by atoms with Crippen molar-refractivity contribution in [3.05, 3.63) is 83.7 Å². The third-order valence-electron chi connectivity index (χ3n) is 5.12. The number of nitrogens with one attached hydrogen (secondary N) is 2. The summed E-state index contributed by atoms with van der Waals surface area (Å²) in [5.41, 5.74) is 5.01. The van der Waals surface area contributed by atoms with E-state index < -0.39 is 18.0 Å². The van der Waals surface area contributed by atoms with Crippen LogP contribution in [0.25, 0.3) is 11.1 Å². The number of fused-ring (bicyclic) bond motifs is 3. The van der Waals surface area contributed by atoms with Gasteiger partial charge in [-0.2, -0.15) is 0 Å². The molecule has 1 aliphatic carbocycles. The minimum atomic E-state index is -1.27. The Hall–Kier alpha value is -4.64. The molecule has 1 aromatic heterocycles. The Morgan fingerprint density at radius 2 is 1.64 bits per heavy atom. The second-order valence-electron chi connectivity index (χ2n) is 7.17. The Bertz CT molecular complexity index is 1230. The van der Waals surface area contributed by atoms with Crippen LogP contribution in [0.5, 0.6) is 0 Å². The Balaban J connectivity index is 1.33. The van der Waals surface area contributed by atoms with Gasteiger partial charge in [-0.05, 0) is 34.4 Å². The lowest BCUT2D eigenvalue weighted by Gasteiger charge is -2.14. The number of carbonyl (C=O) groups is 3. The molecule has 0 fully saturated rings. The summed E-state index contributed by atoms with van der Waals surface area (Å²) in [6.07, 6.45) is 0.707. The molecule has 1 aliphatic rings. The van der Waals surface area contributed by atoms with E-state index >= 15 is 0 Å². The van der Waals surface area contributed by atoms with Crippen molar-refractivity contribution < 1.29 is 24.2 Å². The van der Waals surface area contributed by atoms with Crippen molar-refractivity contribution in [2.75, 3.05) is 18.5 Å². The van der Waals surface area contributed by atoms with E-state index in [4.69, 9.17) is 9.84 Å². The SMILES string of the molecule is O=C(O)C#CCNC(=O)c1ccc(NC(=O)OCC2c3ccccc3-c3ccccc32)cn1. The average Bonchev–Trinajstić information content (AvgIpc) is 3.14. The predicted molar refractivity (Wildman–Crippen MR) is 121 cm³/mol. The van der Waals surface area contributed by atoms with Gasteiger partial charge < -0.3 is 15.2 Å². The van der Waals surface area contributed by atoms with Gasteiger partial charge in [0.2, 0.25) is 0 Å². The molecule has 0 atom stereocenters. The number of carboxylic acids is 1. The molecule has 0 spiro atoms. The van der Waals surface area contributed by atoms with E-state index in [9.17, 15) is 14.4 Å². The molecule has 33 heavy (non-hydrogen) atoms. The minimum Gasteiger partial charge on any atom is -0.472 e. The first-order valence-corrected chi connectivity index (χ1v) is 10.1. The molecule has 164 valence electrons. The first-order chi connectivity index (χ1) is 16.0. The first-order valence-electron chi connectivity index (χ1n) is 10.1. The molecule has 0 aliphatic heterocycles. The molecule has 4 rings (SSSR count). The molecule has 3 N–H and O–H groups in total. The topological polar surface area (TPSA) is 118 Å². The normalized spacial score (nSPS) is 11.4. The number of anilines is 1. The molecule has 1 heterocycles. The highest BCUT2D eigenvalue weighted by molar-refractivity contribution is 5.93. The van der Waals surface area contributed by atoms with Gasteiger partial charge >= 0.3 is 12.1 Å². The van der Waals surface area contributed by atoms with E-state index in [1.807, 2.05) is 42.3 Å². The van der Waals surface area contributed by atoms with Crippen molar-refractivity contribution >= 4 is 23.7 Å². The lowest BCUT2D eigenvalue weighted by atomic mass is 9.98. The summed E-state index contributed by atoms with van der Waals surface area (Å²) < 4.78 is 5.49. The Labute approximate surface area is 189 Å². The lowest BCUT2D eigenvalue weighted by Crippen LogP contribution is -2.24. The monoisotopic (exact) mass is 441 g/mol. The van der Waals surface area contributed by atoms with Crippen LogP contribution in [0, 0.1) is 11.8 Å². The molecule has 3 aromatic rings. The van der Waals surface area contributed by atoms with Crippen LogP contribution >= 0.6 is 0 Å². The Morgan fingerprint density at radius 3 is 2.24 bits per heavy atom. The van der Waals surface area contributed by atoms with Crippen LogP contribution in [0.4, 0.5) is 10.5 Å². The first kappa shape index (κ1) is 21.6. The highest BCUT2D eigenvalue weighted by Gasteiger charge is 2.29. The zero-order valence-electron chi connectivity index (χ0n) is 17.4. The second-order valence-corrected chi connectivity index (χ2v) is 7.17. The number of ether oxygens (including phenoxy) is 1. The maximum atomic E-state index is 12.3. The molecule has 0 radical (unpaired) electrons. The lowest BCUT2D eigenvalue weighted by molar-refractivity contribution is -0.130. The van der Waals surface area contributed by atoms with E-state index in [1.54, 1.807) is 0 Å². The smallest absolute Gasteiger partial charge is 0.411 e. The minimum absolute atomic E-state index is 0.0448. The predicted octanol–water partition coefficient (Wildman–Crippen LogP) is 3.26. The number of carboxylic acid groups (broad SMARTS) is 1. The number of carbonyl (C=O) groups excluding carboxylic acids is 2. The van der Waals surface area contributed by atoms with E-state index in [1.165, 1.54) is 18.3 Å². The number of rotatable bonds is 5. The van der Waals surface area contributed by atoms with Gasteiger partial charge in [0.1, 0.15) is 12.3 Å². The zero-order chi connectivity index (χ0) is 23.2. The van der Waals surface area contributed by atoms with Gasteiger partial charge in [-0.25, -0.2) is 14.6 Å². The molecule has 0 saturated carbocycles. The van der Waals surface area contributed by atoms with Crippen LogP contribution in [0.2, 0.25) is 0 Å². The summed E-state index contributed by atoms with van der Waals surface area (Å²) in [6, 6.07) is 19.1. The van der Waals surface area contributed by atoms with Gasteiger partial charge in [-0.1, -0.05) is 54.5 Å². The summed E-state index contributed by atoms with van der Waals surface area (Å²) in [5.74, 6) is 2.36. The largest absolute Gasteiger partial charge is 0.472 e. The van der Waals surface area contributed by atoms with E-state index in [2.05, 4.69) is 33.7 Å². The summed E-state index contributed by atoms with van der Waals surface area (Å²) >= 11 is 0. The fourth-order valence-electron chi connectivity index (χ4n) is 3.69. The Morgan fingerprint density at radius 1 is 0.970 bits per heavy atom. The molecule has 2 amide bonds. The molecular formula is C25H19N3O5. The van der Waals surface area contributed by atoms with Gasteiger partial charge in [0, 0.05) is 11.8 Å². The van der Waals surface area contributed by atoms with Crippen molar-refractivity contribution in [3.8, 4) is 23.0 Å². The fourth-order valence-corrected chi connectivity index (χ4v) is 3.69. The average molecular weight is 441 g/mol. The number of aromatic nitrogens is 1. The van der Waals surface area contributed by atoms with E-state index in [-0.39, 0.29) is 24.8 Å². The van der Waals surface area contributed by atoms with Crippen molar-refractivity contribution in [2.24, 2.45) is 0 Å². The molecule has 2 aromatic carbocycles. The highest BCUT2D eigenvalue weighted by Crippen LogP contribution is 2.44. The number of hydrogen-bond acceptors (Lipinski definition) is 5. The third-order valence-corrected chi connectivity index (χ3v) is 5.12. The molecule has 8 heteroatoms. The highest BCUT2D eigenvalue weighted by atomic mass is 16.5. The molecule has 0 bridgehead atoms. The molecule has 8 nitrogen and oxygen atoms in total. The second kappa shape index (κ2) is 9.66. The summed E-state index contributed by atoms with van der Waals surface area (Å²) in [7, 11) is 0. The zero-order valence-corrected chi connectivity index (χ0v) is 17.4. The van der Waals surface area contributed by atoms with Crippen molar-refractivity contribution in [2.45, 2.75) is 5.92 Å². The van der Waals surface area contributed by atoms with Crippen LogP contribution in [0.1, 0.15) is 27.5 Å². The number of pyridine rings is 1. The number of aliphatic carboxylic acids is 1. The van der Waals surface area contributed by atoms with Gasteiger partial charge in [0.15, 0.2) is 0 Å². The van der Waals surface area contributed by atoms with Crippen molar-refractivity contribution in [1.82, 2.24) is 10.3 Å². The van der Waals surface area contributed by atoms with Crippen LogP contribution in [0.15, 0.2) is 66.9 Å². The Kier molecular flexibility index (Phi) is 6.32. The molecular weight excluding hydrogens is 422 g/mol. The number of amides is 2. The van der Waals surface area contributed by atoms with Gasteiger partial charge in [-0.15, -0.1) is 0 Å². The summed E-state index contributed by atoms with van der Waals surface area (Å²) in [4.78, 5) is 38.6. The maximum absolute atomic E-state index is 12.3. The summed E-state index contributed by atoms with van der Waals surface area (Å²) in [6.45, 7) is 0.0672. The van der Waals surface area contributed by atoms with Crippen molar-refractivity contribution in [1.29, 1.82) is 0 Å². The third kappa shape index (κ3) is 4.99. The van der Waals surface area contributed by atoms with Gasteiger partial charge in [0.05, 0.1) is 18.4 Å². The standard InChI is InChI=1S/C25H19N3O5/c29-23(30)10-5-13-26-24(31)22-12-11-16(14-27-22)28-25(32)33-15-21-19-8-3-1-6-17(19)18-7-2-4-9-20(18)21/h1-4,6-9,11-12,14,21H,13,15H2,(H,26,31)(H,28,32)(H,29,30). The number of hydrogen-bond donors (Lipinski definition) is 3. The van der Waals surface area contributed by atoms with Crippen LogP contribution < -0.4 is 10.6 Å². The van der Waals surface area contributed by atoms with Crippen molar-refractivity contribution in [3.63, 3.8) is 0 Å². The quantitative estimate of drug-likeness (QED) is 0.523. The van der Waals surface area contributed by atoms with Gasteiger partial charge in [-0.3, -0.25) is 10.1 Å². The van der Waals surface area contributed by atoms with Crippen LogP contribution in [-0.2, 0) is 9.53 Å². The molecule has 0 unspecified atom stereocenters. The number of nitrogens with zero attached hydrogens (tertiary/aromatic N) is 1. The number of benzene rings is 2. The van der Waals surface area contributed by atoms with Gasteiger partial charge in [0.25, 0.3) is 5.91 Å². The van der Waals surface area contributed by atoms with E-state index in [0.29, 0.717) is 5.69 Å². The molecule has 0 saturated heterocycles.